The lowest BCUT2D eigenvalue weighted by molar-refractivity contribution is 0.944. The lowest BCUT2D eigenvalue weighted by Gasteiger charge is -2.21. The number of imidazole rings is 2. The third kappa shape index (κ3) is 2.35. The highest BCUT2D eigenvalue weighted by molar-refractivity contribution is 7.26. The Balaban J connectivity index is 1.53. The van der Waals surface area contributed by atoms with Crippen molar-refractivity contribution in [3.8, 4) is 22.4 Å². The van der Waals surface area contributed by atoms with Gasteiger partial charge in [-0.05, 0) is 77.2 Å². The maximum absolute atomic E-state index is 4.68. The second kappa shape index (κ2) is 5.76. The Kier molecular flexibility index (Phi) is 3.30. The Hall–Kier alpha value is -2.97. The van der Waals surface area contributed by atoms with Crippen LogP contribution >= 0.6 is 9.24 Å². The maximum Gasteiger partial charge on any atom is 0.123 e. The molecular formula is C23H19N4P. The van der Waals surface area contributed by atoms with Gasteiger partial charge in [-0.15, -0.1) is 0 Å². The Morgan fingerprint density at radius 2 is 1.79 bits per heavy atom. The molecule has 3 aromatic carbocycles. The van der Waals surface area contributed by atoms with Gasteiger partial charge in [0, 0.05) is 5.39 Å². The van der Waals surface area contributed by atoms with Crippen molar-refractivity contribution in [2.75, 3.05) is 0 Å². The van der Waals surface area contributed by atoms with Crippen LogP contribution in [0.5, 0.6) is 0 Å². The number of nitrogens with one attached hydrogen (secondary N) is 2. The van der Waals surface area contributed by atoms with Crippen LogP contribution in [0.25, 0.3) is 44.2 Å². The van der Waals surface area contributed by atoms with Gasteiger partial charge in [0.1, 0.15) is 11.4 Å². The van der Waals surface area contributed by atoms with Gasteiger partial charge in [0.05, 0.1) is 22.9 Å². The van der Waals surface area contributed by atoms with Gasteiger partial charge in [0.25, 0.3) is 0 Å². The van der Waals surface area contributed by atoms with Crippen LogP contribution in [-0.4, -0.2) is 19.9 Å². The van der Waals surface area contributed by atoms with E-state index in [0.29, 0.717) is 0 Å². The Labute approximate surface area is 164 Å². The highest BCUT2D eigenvalue weighted by Gasteiger charge is 2.19. The van der Waals surface area contributed by atoms with E-state index < -0.39 is 0 Å². The molecule has 1 atom stereocenters. The van der Waals surface area contributed by atoms with Gasteiger partial charge in [-0.2, -0.15) is 0 Å². The molecule has 0 radical (unpaired) electrons. The Morgan fingerprint density at radius 3 is 2.61 bits per heavy atom. The number of nitrogens with zero attached hydrogens (tertiary/aromatic N) is 2. The number of aromatic nitrogens is 4. The number of hydrogen-bond acceptors (Lipinski definition) is 2. The molecular weight excluding hydrogens is 363 g/mol. The van der Waals surface area contributed by atoms with Crippen LogP contribution in [0.1, 0.15) is 17.0 Å². The summed E-state index contributed by atoms with van der Waals surface area (Å²) in [5.41, 5.74) is 10.8. The zero-order chi connectivity index (χ0) is 18.8. The van der Waals surface area contributed by atoms with Crippen molar-refractivity contribution in [1.29, 1.82) is 0 Å². The SMILES string of the molecule is Cc1ncc(-c2ccc3c(c2)CCc2cc4c(ccc5[nH]c(P)nc54)cc2-3)[nH]1. The number of hydrogen-bond donors (Lipinski definition) is 2. The fourth-order valence-corrected chi connectivity index (χ4v) is 4.72. The van der Waals surface area contributed by atoms with Crippen LogP contribution in [0.3, 0.4) is 0 Å². The molecule has 2 aromatic heterocycles. The van der Waals surface area contributed by atoms with E-state index in [0.717, 1.165) is 41.0 Å². The normalized spacial score (nSPS) is 13.1. The van der Waals surface area contributed by atoms with E-state index in [2.05, 4.69) is 71.6 Å². The minimum Gasteiger partial charge on any atom is -0.342 e. The van der Waals surface area contributed by atoms with Crippen molar-refractivity contribution in [1.82, 2.24) is 19.9 Å². The summed E-state index contributed by atoms with van der Waals surface area (Å²) in [6.07, 6.45) is 4.02. The molecule has 1 aliphatic rings. The summed E-state index contributed by atoms with van der Waals surface area (Å²) in [6.45, 7) is 1.99. The second-order valence-corrected chi connectivity index (χ2v) is 8.12. The van der Waals surface area contributed by atoms with E-state index in [-0.39, 0.29) is 0 Å². The quantitative estimate of drug-likeness (QED) is 0.414. The highest BCUT2D eigenvalue weighted by atomic mass is 31.0. The van der Waals surface area contributed by atoms with E-state index in [9.17, 15) is 0 Å². The first-order chi connectivity index (χ1) is 13.7. The number of benzene rings is 3. The molecule has 5 heteroatoms. The minimum absolute atomic E-state index is 0.882. The van der Waals surface area contributed by atoms with Gasteiger partial charge in [-0.25, -0.2) is 9.97 Å². The topological polar surface area (TPSA) is 57.4 Å². The fourth-order valence-electron chi connectivity index (χ4n) is 4.43. The van der Waals surface area contributed by atoms with Gasteiger partial charge < -0.3 is 9.97 Å². The second-order valence-electron chi connectivity index (χ2n) is 7.57. The zero-order valence-corrected chi connectivity index (χ0v) is 16.7. The van der Waals surface area contributed by atoms with E-state index >= 15 is 0 Å². The number of rotatable bonds is 1. The molecule has 0 fully saturated rings. The van der Waals surface area contributed by atoms with Crippen molar-refractivity contribution >= 4 is 36.6 Å². The molecule has 0 bridgehead atoms. The van der Waals surface area contributed by atoms with Crippen LogP contribution in [0.15, 0.2) is 48.7 Å². The largest absolute Gasteiger partial charge is 0.342 e. The van der Waals surface area contributed by atoms with Crippen LogP contribution in [-0.2, 0) is 12.8 Å². The Bertz CT molecular complexity index is 1390. The number of aromatic amines is 2. The van der Waals surface area contributed by atoms with E-state index in [1.807, 2.05) is 13.1 Å². The average molecular weight is 382 g/mol. The number of aryl methyl sites for hydroxylation is 3. The van der Waals surface area contributed by atoms with Gasteiger partial charge >= 0.3 is 0 Å². The molecule has 1 aliphatic carbocycles. The molecule has 0 saturated heterocycles. The van der Waals surface area contributed by atoms with Crippen molar-refractivity contribution in [2.45, 2.75) is 19.8 Å². The minimum atomic E-state index is 0.882. The maximum atomic E-state index is 4.68. The summed E-state index contributed by atoms with van der Waals surface area (Å²) < 4.78 is 0. The predicted octanol–water partition coefficient (Wildman–Crippen LogP) is 4.68. The van der Waals surface area contributed by atoms with Gasteiger partial charge in [-0.1, -0.05) is 27.4 Å². The average Bonchev–Trinajstić information content (AvgIpc) is 3.31. The summed E-state index contributed by atoms with van der Waals surface area (Å²) in [4.78, 5) is 15.7. The molecule has 2 heterocycles. The van der Waals surface area contributed by atoms with Crippen molar-refractivity contribution < 1.29 is 0 Å². The summed E-state index contributed by atoms with van der Waals surface area (Å²) in [6, 6.07) is 15.8. The molecule has 5 aromatic rings. The summed E-state index contributed by atoms with van der Waals surface area (Å²) >= 11 is 0. The summed E-state index contributed by atoms with van der Waals surface area (Å²) in [5.74, 6) is 0.947. The molecule has 6 rings (SSSR count). The molecule has 0 aliphatic heterocycles. The first kappa shape index (κ1) is 16.0. The molecule has 0 saturated carbocycles. The summed E-state index contributed by atoms with van der Waals surface area (Å²) in [7, 11) is 2.66. The monoisotopic (exact) mass is 382 g/mol. The first-order valence-corrected chi connectivity index (χ1v) is 10.1. The van der Waals surface area contributed by atoms with E-state index in [1.165, 1.54) is 38.6 Å². The van der Waals surface area contributed by atoms with Crippen LogP contribution in [0.4, 0.5) is 0 Å². The third-order valence-corrected chi connectivity index (χ3v) is 6.06. The first-order valence-electron chi connectivity index (χ1n) is 9.52. The zero-order valence-electron chi connectivity index (χ0n) is 15.5. The van der Waals surface area contributed by atoms with Crippen molar-refractivity contribution in [2.24, 2.45) is 0 Å². The predicted molar refractivity (Wildman–Crippen MR) is 118 cm³/mol. The highest BCUT2D eigenvalue weighted by Crippen LogP contribution is 2.39. The standard InChI is InChI=1S/C23H19N4P/c1-12-24-11-21(25-12)16-4-6-17-13(8-16)2-3-14-10-19-15(9-18(14)17)5-7-20-22(19)27-23(28)26-20/h4-11H,2-3,28H2,1H3,(H,24,25)(H,26,27). The van der Waals surface area contributed by atoms with Crippen molar-refractivity contribution in [3.05, 3.63) is 65.6 Å². The number of H-pyrrole nitrogens is 2. The molecule has 0 amide bonds. The lowest BCUT2D eigenvalue weighted by atomic mass is 9.83. The van der Waals surface area contributed by atoms with E-state index in [4.69, 9.17) is 0 Å². The summed E-state index contributed by atoms with van der Waals surface area (Å²) in [5, 5.41) is 2.47. The van der Waals surface area contributed by atoms with E-state index in [1.54, 1.807) is 0 Å². The smallest absolute Gasteiger partial charge is 0.123 e. The molecule has 2 N–H and O–H groups in total. The van der Waals surface area contributed by atoms with Gasteiger partial charge in [0.15, 0.2) is 0 Å². The molecule has 4 nitrogen and oxygen atoms in total. The van der Waals surface area contributed by atoms with Gasteiger partial charge in [-0.3, -0.25) is 0 Å². The van der Waals surface area contributed by atoms with Crippen molar-refractivity contribution in [3.63, 3.8) is 0 Å². The van der Waals surface area contributed by atoms with Crippen LogP contribution in [0.2, 0.25) is 0 Å². The lowest BCUT2D eigenvalue weighted by Crippen LogP contribution is -2.04. The fraction of sp³-hybridized carbons (Fsp3) is 0.130. The number of fused-ring (bicyclic) bond motifs is 6. The molecule has 1 unspecified atom stereocenters. The van der Waals surface area contributed by atoms with Gasteiger partial charge in [0.2, 0.25) is 0 Å². The van der Waals surface area contributed by atoms with Crippen LogP contribution in [0, 0.1) is 6.92 Å². The molecule has 136 valence electrons. The van der Waals surface area contributed by atoms with Crippen LogP contribution < -0.4 is 5.57 Å². The third-order valence-electron chi connectivity index (χ3n) is 5.78. The molecule has 28 heavy (non-hydrogen) atoms. The molecule has 0 spiro atoms. The Morgan fingerprint density at radius 1 is 0.929 bits per heavy atom.